The molecule has 0 bridgehead atoms. The van der Waals surface area contributed by atoms with Gasteiger partial charge in [-0.1, -0.05) is 0 Å². The first-order chi connectivity index (χ1) is 5.01. The normalized spacial score (nSPS) is 30.5. The van der Waals surface area contributed by atoms with Gasteiger partial charge in [-0.2, -0.15) is 0 Å². The molecule has 0 atom stereocenters. The van der Waals surface area contributed by atoms with Gasteiger partial charge >= 0.3 is 0 Å². The largest absolute Gasteiger partial charge is 0.229 e. The van der Waals surface area contributed by atoms with Gasteiger partial charge in [-0.15, -0.1) is 12.3 Å². The van der Waals surface area contributed by atoms with Gasteiger partial charge in [0.05, 0.1) is 5.75 Å². The second kappa shape index (κ2) is 2.86. The second-order valence-electron chi connectivity index (χ2n) is 3.29. The minimum atomic E-state index is -2.78. The first-order valence-corrected chi connectivity index (χ1v) is 5.71. The fourth-order valence-corrected chi connectivity index (χ4v) is 2.56. The lowest BCUT2D eigenvalue weighted by atomic mass is 9.77. The Morgan fingerprint density at radius 1 is 1.55 bits per heavy atom. The molecule has 0 N–H and O–H groups in total. The lowest BCUT2D eigenvalue weighted by molar-refractivity contribution is 0.275. The van der Waals surface area contributed by atoms with Crippen molar-refractivity contribution in [1.29, 1.82) is 0 Å². The molecule has 62 valence electrons. The Balaban J connectivity index is 2.31. The van der Waals surface area contributed by atoms with E-state index in [-0.39, 0.29) is 0 Å². The monoisotopic (exact) mass is 172 g/mol. The molecule has 0 heterocycles. The van der Waals surface area contributed by atoms with Crippen molar-refractivity contribution in [3.63, 3.8) is 0 Å². The summed E-state index contributed by atoms with van der Waals surface area (Å²) in [6, 6.07) is 0. The third kappa shape index (κ3) is 2.55. The standard InChI is InChI=1S/C8H12O2S/c1-3-7-4-8(5-7)6-11(2,9)10/h1,7-8H,4-6H2,2H3. The number of hydrogen-bond acceptors (Lipinski definition) is 2. The van der Waals surface area contributed by atoms with E-state index < -0.39 is 9.84 Å². The molecule has 0 aromatic heterocycles. The zero-order chi connectivity index (χ0) is 8.48. The molecule has 11 heavy (non-hydrogen) atoms. The molecule has 0 radical (unpaired) electrons. The summed E-state index contributed by atoms with van der Waals surface area (Å²) in [5.41, 5.74) is 0. The van der Waals surface area contributed by atoms with Crippen molar-refractivity contribution >= 4 is 9.84 Å². The number of sulfone groups is 1. The maximum atomic E-state index is 10.8. The molecule has 0 aromatic carbocycles. The van der Waals surface area contributed by atoms with E-state index in [1.165, 1.54) is 6.26 Å². The van der Waals surface area contributed by atoms with Crippen LogP contribution in [-0.4, -0.2) is 20.4 Å². The van der Waals surface area contributed by atoms with Gasteiger partial charge in [0.2, 0.25) is 0 Å². The summed E-state index contributed by atoms with van der Waals surface area (Å²) >= 11 is 0. The van der Waals surface area contributed by atoms with E-state index in [9.17, 15) is 8.42 Å². The molecule has 1 aliphatic carbocycles. The Labute approximate surface area is 67.9 Å². The Morgan fingerprint density at radius 2 is 2.09 bits per heavy atom. The topological polar surface area (TPSA) is 34.1 Å². The molecule has 1 fully saturated rings. The molecule has 0 spiro atoms. The summed E-state index contributed by atoms with van der Waals surface area (Å²) in [6.45, 7) is 0. The van der Waals surface area contributed by atoms with Gasteiger partial charge in [-0.05, 0) is 18.8 Å². The van der Waals surface area contributed by atoms with Crippen molar-refractivity contribution < 1.29 is 8.42 Å². The van der Waals surface area contributed by atoms with Crippen LogP contribution in [0.25, 0.3) is 0 Å². The Kier molecular flexibility index (Phi) is 2.24. The highest BCUT2D eigenvalue weighted by Gasteiger charge is 2.29. The van der Waals surface area contributed by atoms with E-state index in [2.05, 4.69) is 5.92 Å². The molecular weight excluding hydrogens is 160 g/mol. The first kappa shape index (κ1) is 8.61. The molecule has 0 saturated heterocycles. The van der Waals surface area contributed by atoms with Gasteiger partial charge in [0, 0.05) is 12.2 Å². The van der Waals surface area contributed by atoms with Crippen LogP contribution in [0.4, 0.5) is 0 Å². The Bertz CT molecular complexity index is 265. The van der Waals surface area contributed by atoms with E-state index in [1.807, 2.05) is 0 Å². The van der Waals surface area contributed by atoms with Crippen LogP contribution in [0.2, 0.25) is 0 Å². The van der Waals surface area contributed by atoms with E-state index in [0.29, 0.717) is 17.6 Å². The van der Waals surface area contributed by atoms with E-state index in [4.69, 9.17) is 6.42 Å². The zero-order valence-corrected chi connectivity index (χ0v) is 7.39. The van der Waals surface area contributed by atoms with Gasteiger partial charge in [-0.25, -0.2) is 8.42 Å². The third-order valence-corrected chi connectivity index (χ3v) is 3.09. The predicted octanol–water partition coefficient (Wildman–Crippen LogP) is 0.690. The zero-order valence-electron chi connectivity index (χ0n) is 6.58. The quantitative estimate of drug-likeness (QED) is 0.574. The van der Waals surface area contributed by atoms with Crippen molar-refractivity contribution in [2.75, 3.05) is 12.0 Å². The molecule has 0 aromatic rings. The second-order valence-corrected chi connectivity index (χ2v) is 5.48. The molecule has 2 nitrogen and oxygen atoms in total. The number of rotatable bonds is 2. The average molecular weight is 172 g/mol. The smallest absolute Gasteiger partial charge is 0.147 e. The summed E-state index contributed by atoms with van der Waals surface area (Å²) in [6.07, 6.45) is 8.22. The minimum Gasteiger partial charge on any atom is -0.229 e. The van der Waals surface area contributed by atoms with Crippen LogP contribution in [0.1, 0.15) is 12.8 Å². The Morgan fingerprint density at radius 3 is 2.45 bits per heavy atom. The van der Waals surface area contributed by atoms with Crippen LogP contribution in [0.5, 0.6) is 0 Å². The van der Waals surface area contributed by atoms with Crippen LogP contribution >= 0.6 is 0 Å². The summed E-state index contributed by atoms with van der Waals surface area (Å²) in [5, 5.41) is 0. The Hall–Kier alpha value is -0.490. The van der Waals surface area contributed by atoms with Gasteiger partial charge < -0.3 is 0 Å². The SMILES string of the molecule is C#CC1CC(CS(C)(=O)=O)C1. The van der Waals surface area contributed by atoms with Crippen molar-refractivity contribution in [3.8, 4) is 12.3 Å². The van der Waals surface area contributed by atoms with E-state index in [0.717, 1.165) is 12.8 Å². The van der Waals surface area contributed by atoms with Crippen molar-refractivity contribution in [2.24, 2.45) is 11.8 Å². The first-order valence-electron chi connectivity index (χ1n) is 3.65. The van der Waals surface area contributed by atoms with Crippen molar-refractivity contribution in [1.82, 2.24) is 0 Å². The molecular formula is C8H12O2S. The summed E-state index contributed by atoms with van der Waals surface area (Å²) < 4.78 is 21.6. The lowest BCUT2D eigenvalue weighted by Gasteiger charge is -2.30. The molecule has 0 amide bonds. The van der Waals surface area contributed by atoms with Crippen molar-refractivity contribution in [3.05, 3.63) is 0 Å². The maximum absolute atomic E-state index is 10.8. The van der Waals surface area contributed by atoms with Crippen LogP contribution in [0.15, 0.2) is 0 Å². The summed E-state index contributed by atoms with van der Waals surface area (Å²) in [4.78, 5) is 0. The number of terminal acetylenes is 1. The lowest BCUT2D eigenvalue weighted by Crippen LogP contribution is -2.28. The van der Waals surface area contributed by atoms with Crippen LogP contribution in [0, 0.1) is 24.2 Å². The van der Waals surface area contributed by atoms with E-state index >= 15 is 0 Å². The highest BCUT2D eigenvalue weighted by atomic mass is 32.2. The molecule has 1 saturated carbocycles. The maximum Gasteiger partial charge on any atom is 0.147 e. The molecule has 1 rings (SSSR count). The third-order valence-electron chi connectivity index (χ3n) is 2.01. The van der Waals surface area contributed by atoms with Crippen molar-refractivity contribution in [2.45, 2.75) is 12.8 Å². The van der Waals surface area contributed by atoms with Gasteiger partial charge in [0.25, 0.3) is 0 Å². The molecule has 3 heteroatoms. The molecule has 0 aliphatic heterocycles. The minimum absolute atomic E-state index is 0.311. The fraction of sp³-hybridized carbons (Fsp3) is 0.750. The average Bonchev–Trinajstić information content (AvgIpc) is 1.75. The van der Waals surface area contributed by atoms with Crippen LogP contribution in [-0.2, 0) is 9.84 Å². The summed E-state index contributed by atoms with van der Waals surface area (Å²) in [5.74, 6) is 3.59. The van der Waals surface area contributed by atoms with Crippen LogP contribution in [0.3, 0.4) is 0 Å². The van der Waals surface area contributed by atoms with Gasteiger partial charge in [0.1, 0.15) is 9.84 Å². The van der Waals surface area contributed by atoms with Crippen LogP contribution < -0.4 is 0 Å². The molecule has 1 aliphatic rings. The molecule has 0 unspecified atom stereocenters. The number of hydrogen-bond donors (Lipinski definition) is 0. The predicted molar refractivity (Wildman–Crippen MR) is 44.8 cm³/mol. The summed E-state index contributed by atoms with van der Waals surface area (Å²) in [7, 11) is -2.78. The highest BCUT2D eigenvalue weighted by molar-refractivity contribution is 7.90. The fourth-order valence-electron chi connectivity index (χ4n) is 1.44. The van der Waals surface area contributed by atoms with Gasteiger partial charge in [-0.3, -0.25) is 0 Å². The highest BCUT2D eigenvalue weighted by Crippen LogP contribution is 2.33. The van der Waals surface area contributed by atoms with Gasteiger partial charge in [0.15, 0.2) is 0 Å². The van der Waals surface area contributed by atoms with E-state index in [1.54, 1.807) is 0 Å².